The third-order valence-electron chi connectivity index (χ3n) is 6.08. The first-order valence-corrected chi connectivity index (χ1v) is 11.2. The van der Waals surface area contributed by atoms with Gasteiger partial charge in [0.15, 0.2) is 5.96 Å². The van der Waals surface area contributed by atoms with Crippen molar-refractivity contribution >= 4 is 35.8 Å². The molecule has 3 heterocycles. The molecule has 1 aromatic heterocycles. The molecule has 1 aromatic rings. The minimum atomic E-state index is 0. The summed E-state index contributed by atoms with van der Waals surface area (Å²) >= 11 is 0. The average molecular weight is 546 g/mol. The Morgan fingerprint density at radius 2 is 1.84 bits per heavy atom. The highest BCUT2D eigenvalue weighted by atomic mass is 127. The van der Waals surface area contributed by atoms with Gasteiger partial charge in [0.25, 0.3) is 0 Å². The fraction of sp³-hybridized carbons (Fsp3) is 0.727. The first-order valence-electron chi connectivity index (χ1n) is 11.2. The number of rotatable bonds is 7. The molecule has 8 nitrogen and oxygen atoms in total. The number of anilines is 1. The normalized spacial score (nSPS) is 19.8. The molecule has 3 rings (SSSR count). The number of aromatic nitrogens is 1. The molecule has 1 atom stereocenters. The molecule has 1 unspecified atom stereocenters. The van der Waals surface area contributed by atoms with Gasteiger partial charge in [0.2, 0.25) is 0 Å². The summed E-state index contributed by atoms with van der Waals surface area (Å²) < 4.78 is 5.51. The molecule has 176 valence electrons. The lowest BCUT2D eigenvalue weighted by atomic mass is 10.0. The van der Waals surface area contributed by atoms with E-state index >= 15 is 0 Å². The fourth-order valence-electron chi connectivity index (χ4n) is 4.08. The molecule has 0 bridgehead atoms. The first kappa shape index (κ1) is 26.1. The monoisotopic (exact) mass is 545 g/mol. The molecule has 0 amide bonds. The number of piperazine rings is 1. The van der Waals surface area contributed by atoms with Gasteiger partial charge in [-0.15, -0.1) is 24.0 Å². The van der Waals surface area contributed by atoms with Crippen molar-refractivity contribution < 1.29 is 4.74 Å². The van der Waals surface area contributed by atoms with Crippen LogP contribution in [0.25, 0.3) is 0 Å². The second kappa shape index (κ2) is 13.4. The highest BCUT2D eigenvalue weighted by Crippen LogP contribution is 2.15. The highest BCUT2D eigenvalue weighted by molar-refractivity contribution is 14.0. The zero-order valence-corrected chi connectivity index (χ0v) is 21.8. The smallest absolute Gasteiger partial charge is 0.191 e. The molecule has 0 aromatic carbocycles. The lowest BCUT2D eigenvalue weighted by molar-refractivity contribution is 0.00752. The van der Waals surface area contributed by atoms with Gasteiger partial charge in [-0.2, -0.15) is 0 Å². The average Bonchev–Trinajstić information content (AvgIpc) is 2.77. The van der Waals surface area contributed by atoms with E-state index in [1.807, 2.05) is 13.2 Å². The molecule has 2 fully saturated rings. The van der Waals surface area contributed by atoms with Crippen molar-refractivity contribution in [1.82, 2.24) is 25.4 Å². The Bertz CT molecular complexity index is 674. The van der Waals surface area contributed by atoms with Gasteiger partial charge in [0.05, 0.1) is 13.2 Å². The molecule has 2 aliphatic rings. The van der Waals surface area contributed by atoms with E-state index < -0.39 is 0 Å². The topological polar surface area (TPSA) is 68.3 Å². The fourth-order valence-corrected chi connectivity index (χ4v) is 4.08. The summed E-state index contributed by atoms with van der Waals surface area (Å²) in [6.07, 6.45) is 1.91. The zero-order valence-electron chi connectivity index (χ0n) is 19.5. The van der Waals surface area contributed by atoms with Gasteiger partial charge in [0.1, 0.15) is 5.82 Å². The number of nitrogens with zero attached hydrogens (tertiary/aromatic N) is 5. The number of morpholine rings is 1. The third kappa shape index (κ3) is 8.03. The Morgan fingerprint density at radius 1 is 1.13 bits per heavy atom. The van der Waals surface area contributed by atoms with E-state index in [-0.39, 0.29) is 24.0 Å². The van der Waals surface area contributed by atoms with E-state index in [9.17, 15) is 0 Å². The summed E-state index contributed by atoms with van der Waals surface area (Å²) in [6, 6.07) is 4.73. The van der Waals surface area contributed by atoms with Crippen LogP contribution < -0.4 is 15.5 Å². The largest absolute Gasteiger partial charge is 0.379 e. The molecule has 0 spiro atoms. The molecular weight excluding hydrogens is 505 g/mol. The number of nitrogens with one attached hydrogen (secondary N) is 2. The second-order valence-corrected chi connectivity index (χ2v) is 8.58. The molecule has 2 saturated heterocycles. The van der Waals surface area contributed by atoms with Crippen LogP contribution in [-0.4, -0.2) is 99.9 Å². The quantitative estimate of drug-likeness (QED) is 0.306. The van der Waals surface area contributed by atoms with Gasteiger partial charge >= 0.3 is 0 Å². The summed E-state index contributed by atoms with van der Waals surface area (Å²) in [6.45, 7) is 14.1. The van der Waals surface area contributed by atoms with Gasteiger partial charge in [-0.25, -0.2) is 4.98 Å². The van der Waals surface area contributed by atoms with E-state index in [2.05, 4.69) is 68.3 Å². The Balaban J connectivity index is 0.00000341. The maximum absolute atomic E-state index is 5.51. The van der Waals surface area contributed by atoms with E-state index in [0.29, 0.717) is 12.0 Å². The summed E-state index contributed by atoms with van der Waals surface area (Å²) in [4.78, 5) is 16.3. The van der Waals surface area contributed by atoms with Crippen LogP contribution >= 0.6 is 24.0 Å². The molecule has 2 aliphatic heterocycles. The van der Waals surface area contributed by atoms with E-state index in [1.54, 1.807) is 0 Å². The van der Waals surface area contributed by atoms with Gasteiger partial charge in [0, 0.05) is 71.6 Å². The van der Waals surface area contributed by atoms with E-state index in [0.717, 1.165) is 77.3 Å². The second-order valence-electron chi connectivity index (χ2n) is 8.58. The van der Waals surface area contributed by atoms with Crippen LogP contribution in [-0.2, 0) is 11.3 Å². The number of pyridine rings is 1. The van der Waals surface area contributed by atoms with Crippen LogP contribution in [0.5, 0.6) is 0 Å². The molecule has 0 radical (unpaired) electrons. The number of hydrogen-bond donors (Lipinski definition) is 2. The van der Waals surface area contributed by atoms with Crippen LogP contribution in [0.1, 0.15) is 19.4 Å². The van der Waals surface area contributed by atoms with Crippen LogP contribution in [0.3, 0.4) is 0 Å². The lowest BCUT2D eigenvalue weighted by Crippen LogP contribution is -2.52. The van der Waals surface area contributed by atoms with Crippen LogP contribution in [0.15, 0.2) is 23.3 Å². The van der Waals surface area contributed by atoms with Crippen molar-refractivity contribution in [2.75, 3.05) is 78.0 Å². The van der Waals surface area contributed by atoms with E-state index in [1.165, 1.54) is 5.56 Å². The van der Waals surface area contributed by atoms with Gasteiger partial charge in [-0.1, -0.05) is 13.8 Å². The van der Waals surface area contributed by atoms with Crippen molar-refractivity contribution in [1.29, 1.82) is 0 Å². The van der Waals surface area contributed by atoms with Crippen molar-refractivity contribution in [2.45, 2.75) is 26.4 Å². The number of aliphatic imine (C=N–C) groups is 1. The van der Waals surface area contributed by atoms with Crippen molar-refractivity contribution in [3.8, 4) is 0 Å². The maximum atomic E-state index is 5.51. The molecule has 2 N–H and O–H groups in total. The highest BCUT2D eigenvalue weighted by Gasteiger charge is 2.24. The van der Waals surface area contributed by atoms with Gasteiger partial charge in [-0.3, -0.25) is 9.89 Å². The van der Waals surface area contributed by atoms with Crippen LogP contribution in [0, 0.1) is 5.92 Å². The maximum Gasteiger partial charge on any atom is 0.191 e. The predicted octanol–water partition coefficient (Wildman–Crippen LogP) is 1.47. The zero-order chi connectivity index (χ0) is 21.3. The van der Waals surface area contributed by atoms with Crippen LogP contribution in [0.4, 0.5) is 5.82 Å². The van der Waals surface area contributed by atoms with Crippen LogP contribution in [0.2, 0.25) is 0 Å². The number of ether oxygens (including phenoxy) is 1. The Kier molecular flexibility index (Phi) is 11.3. The lowest BCUT2D eigenvalue weighted by Gasteiger charge is -2.37. The molecule has 31 heavy (non-hydrogen) atoms. The number of guanidine groups is 1. The van der Waals surface area contributed by atoms with Crippen molar-refractivity contribution in [3.63, 3.8) is 0 Å². The first-order chi connectivity index (χ1) is 14.6. The number of hydrogen-bond acceptors (Lipinski definition) is 6. The number of halogens is 1. The Hall–Kier alpha value is -1.17. The van der Waals surface area contributed by atoms with Gasteiger partial charge in [-0.05, 0) is 30.7 Å². The summed E-state index contributed by atoms with van der Waals surface area (Å²) in [5.74, 6) is 2.48. The van der Waals surface area contributed by atoms with Gasteiger partial charge < -0.3 is 25.2 Å². The summed E-state index contributed by atoms with van der Waals surface area (Å²) in [7, 11) is 4.00. The van der Waals surface area contributed by atoms with Crippen molar-refractivity contribution in [3.05, 3.63) is 23.9 Å². The summed E-state index contributed by atoms with van der Waals surface area (Å²) in [5.41, 5.74) is 1.22. The standard InChI is InChI=1S/C22H39N7O.HI/c1-18(2)20(28-11-13-30-14-12-28)17-26-22(23-3)25-16-19-5-6-24-21(15-19)29-9-7-27(4)8-10-29;/h5-6,15,18,20H,7-14,16-17H2,1-4H3,(H2,23,25,26);1H. The SMILES string of the molecule is CN=C(NCc1ccnc(N2CCN(C)CC2)c1)NCC(C(C)C)N1CCOCC1.I. The predicted molar refractivity (Wildman–Crippen MR) is 139 cm³/mol. The Labute approximate surface area is 204 Å². The summed E-state index contributed by atoms with van der Waals surface area (Å²) in [5, 5.41) is 6.99. The molecule has 0 saturated carbocycles. The van der Waals surface area contributed by atoms with Crippen molar-refractivity contribution in [2.24, 2.45) is 10.9 Å². The molecule has 0 aliphatic carbocycles. The van der Waals surface area contributed by atoms with E-state index in [4.69, 9.17) is 4.74 Å². The number of likely N-dealkylation sites (N-methyl/N-ethyl adjacent to an activating group) is 1. The minimum Gasteiger partial charge on any atom is -0.379 e. The minimum absolute atomic E-state index is 0. The Morgan fingerprint density at radius 3 is 2.48 bits per heavy atom. The molecule has 9 heteroatoms. The third-order valence-corrected chi connectivity index (χ3v) is 6.08. The molecular formula is C22H40IN7O.